The molecule has 0 heterocycles. The van der Waals surface area contributed by atoms with Gasteiger partial charge in [0.25, 0.3) is 0 Å². The van der Waals surface area contributed by atoms with Gasteiger partial charge in [-0.15, -0.1) is 0 Å². The van der Waals surface area contributed by atoms with Crippen LogP contribution in [0.2, 0.25) is 0 Å². The van der Waals surface area contributed by atoms with Gasteiger partial charge in [0.05, 0.1) is 11.0 Å². The van der Waals surface area contributed by atoms with Gasteiger partial charge in [-0.05, 0) is 50.3 Å². The van der Waals surface area contributed by atoms with Gasteiger partial charge in [-0.25, -0.2) is 13.6 Å². The van der Waals surface area contributed by atoms with Crippen molar-refractivity contribution in [3.05, 3.63) is 23.8 Å². The summed E-state index contributed by atoms with van der Waals surface area (Å²) < 4.78 is 28.4. The van der Waals surface area contributed by atoms with E-state index in [4.69, 9.17) is 9.88 Å². The van der Waals surface area contributed by atoms with E-state index in [0.717, 1.165) is 31.4 Å². The Morgan fingerprint density at radius 2 is 1.90 bits per heavy atom. The van der Waals surface area contributed by atoms with Crippen molar-refractivity contribution in [1.29, 1.82) is 0 Å². The number of nitrogens with one attached hydrogen (secondary N) is 1. The molecular weight excluding hydrogens is 276 g/mol. The normalized spacial score (nSPS) is 23.6. The zero-order chi connectivity index (χ0) is 14.8. The number of aryl methyl sites for hydroxylation is 1. The minimum absolute atomic E-state index is 0.188. The van der Waals surface area contributed by atoms with Crippen LogP contribution in [0.15, 0.2) is 23.1 Å². The van der Waals surface area contributed by atoms with Crippen LogP contribution in [0.3, 0.4) is 0 Å². The van der Waals surface area contributed by atoms with E-state index in [2.05, 4.69) is 5.32 Å². The molecule has 0 unspecified atom stereocenters. The summed E-state index contributed by atoms with van der Waals surface area (Å²) >= 11 is 0. The van der Waals surface area contributed by atoms with Crippen LogP contribution >= 0.6 is 0 Å². The van der Waals surface area contributed by atoms with Crippen LogP contribution in [0.5, 0.6) is 0 Å². The molecule has 1 fully saturated rings. The molecule has 1 aromatic carbocycles. The second kappa shape index (κ2) is 6.11. The fourth-order valence-corrected chi connectivity index (χ4v) is 3.48. The van der Waals surface area contributed by atoms with Crippen molar-refractivity contribution in [3.8, 4) is 0 Å². The van der Waals surface area contributed by atoms with Gasteiger partial charge in [0.2, 0.25) is 10.0 Å². The molecule has 0 saturated heterocycles. The van der Waals surface area contributed by atoms with Crippen molar-refractivity contribution in [1.82, 2.24) is 0 Å². The molecule has 3 N–H and O–H groups in total. The predicted molar refractivity (Wildman–Crippen MR) is 79.2 cm³/mol. The van der Waals surface area contributed by atoms with Crippen LogP contribution < -0.4 is 10.5 Å². The standard InChI is InChI=1S/C14H22N2O3S/c1-10-3-4-12(9-14(10)20(15,17)18)16-11-5-7-13(19-2)8-6-11/h3-4,9,11,13,16H,5-8H2,1-2H3,(H2,15,17,18). The number of sulfonamides is 1. The van der Waals surface area contributed by atoms with Crippen LogP contribution in [0.1, 0.15) is 31.2 Å². The molecule has 1 aliphatic carbocycles. The summed E-state index contributed by atoms with van der Waals surface area (Å²) in [5, 5.41) is 8.61. The van der Waals surface area contributed by atoms with Gasteiger partial charge in [0, 0.05) is 18.8 Å². The first-order valence-corrected chi connectivity index (χ1v) is 8.37. The molecule has 0 spiro atoms. The van der Waals surface area contributed by atoms with Crippen LogP contribution in [0.4, 0.5) is 5.69 Å². The number of methoxy groups -OCH3 is 1. The van der Waals surface area contributed by atoms with Crippen LogP contribution in [-0.4, -0.2) is 27.7 Å². The highest BCUT2D eigenvalue weighted by Gasteiger charge is 2.21. The average molecular weight is 298 g/mol. The van der Waals surface area contributed by atoms with E-state index in [1.807, 2.05) is 6.07 Å². The molecule has 1 saturated carbocycles. The number of anilines is 1. The average Bonchev–Trinajstić information content (AvgIpc) is 2.40. The topological polar surface area (TPSA) is 81.4 Å². The van der Waals surface area contributed by atoms with Crippen molar-refractivity contribution >= 4 is 15.7 Å². The summed E-state index contributed by atoms with van der Waals surface area (Å²) in [7, 11) is -1.92. The summed E-state index contributed by atoms with van der Waals surface area (Å²) in [6.07, 6.45) is 4.46. The third kappa shape index (κ3) is 3.71. The predicted octanol–water partition coefficient (Wildman–Crippen LogP) is 2.01. The summed E-state index contributed by atoms with van der Waals surface area (Å²) in [4.78, 5) is 0.188. The Morgan fingerprint density at radius 3 is 2.45 bits per heavy atom. The minimum Gasteiger partial charge on any atom is -0.382 e. The van der Waals surface area contributed by atoms with E-state index in [9.17, 15) is 8.42 Å². The lowest BCUT2D eigenvalue weighted by Gasteiger charge is -2.29. The molecule has 1 aliphatic rings. The third-order valence-corrected chi connectivity index (χ3v) is 4.93. The second-order valence-corrected chi connectivity index (χ2v) is 6.91. The molecule has 1 aromatic rings. The molecule has 112 valence electrons. The van der Waals surface area contributed by atoms with Crippen LogP contribution in [0, 0.1) is 6.92 Å². The quantitative estimate of drug-likeness (QED) is 0.891. The Labute approximate surface area is 120 Å². The Bertz CT molecular complexity index is 564. The molecular formula is C14H22N2O3S. The van der Waals surface area contributed by atoms with E-state index in [1.165, 1.54) is 0 Å². The first kappa shape index (κ1) is 15.3. The highest BCUT2D eigenvalue weighted by Crippen LogP contribution is 2.25. The van der Waals surface area contributed by atoms with Crippen LogP contribution in [0.25, 0.3) is 0 Å². The van der Waals surface area contributed by atoms with Crippen molar-refractivity contribution < 1.29 is 13.2 Å². The molecule has 0 aliphatic heterocycles. The number of hydrogen-bond acceptors (Lipinski definition) is 4. The van der Waals surface area contributed by atoms with E-state index in [1.54, 1.807) is 26.2 Å². The maximum atomic E-state index is 11.5. The molecule has 0 amide bonds. The molecule has 2 rings (SSSR count). The Hall–Kier alpha value is -1.11. The molecule has 0 radical (unpaired) electrons. The molecule has 0 bridgehead atoms. The van der Waals surface area contributed by atoms with E-state index in [-0.39, 0.29) is 4.90 Å². The van der Waals surface area contributed by atoms with Crippen molar-refractivity contribution in [2.24, 2.45) is 5.14 Å². The highest BCUT2D eigenvalue weighted by molar-refractivity contribution is 7.89. The third-order valence-electron chi connectivity index (χ3n) is 3.87. The second-order valence-electron chi connectivity index (χ2n) is 5.38. The van der Waals surface area contributed by atoms with Crippen LogP contribution in [-0.2, 0) is 14.8 Å². The largest absolute Gasteiger partial charge is 0.382 e. The Balaban J connectivity index is 2.08. The van der Waals surface area contributed by atoms with E-state index >= 15 is 0 Å². The number of hydrogen-bond donors (Lipinski definition) is 2. The van der Waals surface area contributed by atoms with Crippen molar-refractivity contribution in [3.63, 3.8) is 0 Å². The maximum Gasteiger partial charge on any atom is 0.238 e. The number of rotatable bonds is 4. The number of primary sulfonamides is 1. The number of benzene rings is 1. The van der Waals surface area contributed by atoms with Gasteiger partial charge in [0.15, 0.2) is 0 Å². The first-order valence-electron chi connectivity index (χ1n) is 6.83. The lowest BCUT2D eigenvalue weighted by Crippen LogP contribution is -2.29. The fourth-order valence-electron chi connectivity index (χ4n) is 2.67. The number of ether oxygens (including phenoxy) is 1. The lowest BCUT2D eigenvalue weighted by molar-refractivity contribution is 0.0682. The monoisotopic (exact) mass is 298 g/mol. The van der Waals surface area contributed by atoms with E-state index in [0.29, 0.717) is 17.7 Å². The molecule has 5 nitrogen and oxygen atoms in total. The van der Waals surface area contributed by atoms with Gasteiger partial charge in [-0.1, -0.05) is 6.07 Å². The summed E-state index contributed by atoms with van der Waals surface area (Å²) in [6, 6.07) is 5.65. The van der Waals surface area contributed by atoms with Crippen molar-refractivity contribution in [2.45, 2.75) is 49.6 Å². The van der Waals surface area contributed by atoms with Gasteiger partial charge in [0.1, 0.15) is 0 Å². The Kier molecular flexibility index (Phi) is 4.67. The van der Waals surface area contributed by atoms with Crippen molar-refractivity contribution in [2.75, 3.05) is 12.4 Å². The minimum atomic E-state index is -3.67. The first-order chi connectivity index (χ1) is 9.40. The zero-order valence-electron chi connectivity index (χ0n) is 11.9. The maximum absolute atomic E-state index is 11.5. The number of nitrogens with two attached hydrogens (primary N) is 1. The summed E-state index contributed by atoms with van der Waals surface area (Å²) in [6.45, 7) is 1.74. The lowest BCUT2D eigenvalue weighted by atomic mass is 9.93. The van der Waals surface area contributed by atoms with E-state index < -0.39 is 10.0 Å². The summed E-state index contributed by atoms with van der Waals surface area (Å²) in [5.74, 6) is 0. The van der Waals surface area contributed by atoms with Gasteiger partial charge >= 0.3 is 0 Å². The SMILES string of the molecule is COC1CCC(Nc2ccc(C)c(S(N)(=O)=O)c2)CC1. The van der Waals surface area contributed by atoms with Gasteiger partial charge in [-0.3, -0.25) is 0 Å². The summed E-state index contributed by atoms with van der Waals surface area (Å²) in [5.41, 5.74) is 1.47. The Morgan fingerprint density at radius 1 is 1.25 bits per heavy atom. The zero-order valence-corrected chi connectivity index (χ0v) is 12.7. The highest BCUT2D eigenvalue weighted by atomic mass is 32.2. The molecule has 6 heteroatoms. The smallest absolute Gasteiger partial charge is 0.238 e. The molecule has 20 heavy (non-hydrogen) atoms. The molecule has 0 aromatic heterocycles. The van der Waals surface area contributed by atoms with Gasteiger partial charge in [-0.2, -0.15) is 0 Å². The molecule has 0 atom stereocenters. The fraction of sp³-hybridized carbons (Fsp3) is 0.571. The van der Waals surface area contributed by atoms with Gasteiger partial charge < -0.3 is 10.1 Å².